The van der Waals surface area contributed by atoms with Crippen LogP contribution in [-0.4, -0.2) is 81.8 Å². The van der Waals surface area contributed by atoms with E-state index in [2.05, 4.69) is 47.6 Å². The van der Waals surface area contributed by atoms with E-state index < -0.39 is 11.5 Å². The number of benzene rings is 3. The predicted octanol–water partition coefficient (Wildman–Crippen LogP) is 5.96. The molecule has 51 heavy (non-hydrogen) atoms. The van der Waals surface area contributed by atoms with Crippen molar-refractivity contribution < 1.29 is 14.7 Å². The molecule has 2 fully saturated rings. The van der Waals surface area contributed by atoms with Crippen molar-refractivity contribution in [2.24, 2.45) is 5.73 Å². The van der Waals surface area contributed by atoms with Crippen molar-refractivity contribution in [2.75, 3.05) is 44.6 Å². The largest absolute Gasteiger partial charge is 0.480 e. The van der Waals surface area contributed by atoms with Crippen molar-refractivity contribution >= 4 is 28.7 Å². The lowest BCUT2D eigenvalue weighted by atomic mass is 9.88. The first-order valence-electron chi connectivity index (χ1n) is 19.0. The van der Waals surface area contributed by atoms with Crippen LogP contribution in [0.1, 0.15) is 74.0 Å². The minimum atomic E-state index is -1.61. The van der Waals surface area contributed by atoms with Crippen molar-refractivity contribution in [3.8, 4) is 0 Å². The monoisotopic (exact) mass is 693 g/mol. The van der Waals surface area contributed by atoms with Gasteiger partial charge in [0.1, 0.15) is 5.82 Å². The summed E-state index contributed by atoms with van der Waals surface area (Å²) in [6.45, 7) is 11.1. The Labute approximate surface area is 302 Å². The average molecular weight is 694 g/mol. The molecule has 0 saturated carbocycles. The van der Waals surface area contributed by atoms with Gasteiger partial charge >= 0.3 is 12.0 Å². The van der Waals surface area contributed by atoms with E-state index in [9.17, 15) is 14.7 Å². The number of carbonyl (C=O) groups excluding carboxylic acids is 1. The number of urea groups is 1. The second-order valence-corrected chi connectivity index (χ2v) is 14.3. The number of para-hydroxylation sites is 3. The van der Waals surface area contributed by atoms with E-state index in [4.69, 9.17) is 10.7 Å². The molecule has 3 aliphatic heterocycles. The Morgan fingerprint density at radius 2 is 1.67 bits per heavy atom. The first-order chi connectivity index (χ1) is 24.8. The van der Waals surface area contributed by atoms with Crippen molar-refractivity contribution in [3.05, 3.63) is 94.8 Å². The number of fused-ring (bicyclic) bond motifs is 2. The third-order valence-corrected chi connectivity index (χ3v) is 10.9. The minimum absolute atomic E-state index is 0.0619. The van der Waals surface area contributed by atoms with Gasteiger partial charge in [0.2, 0.25) is 0 Å². The van der Waals surface area contributed by atoms with E-state index in [1.165, 1.54) is 29.5 Å². The summed E-state index contributed by atoms with van der Waals surface area (Å²) in [5.74, 6) is -0.605. The highest BCUT2D eigenvalue weighted by Gasteiger charge is 2.41. The molecule has 0 aliphatic carbocycles. The van der Waals surface area contributed by atoms with Gasteiger partial charge in [0.05, 0.1) is 11.0 Å². The first kappa shape index (κ1) is 36.5. The first-order valence-corrected chi connectivity index (χ1v) is 19.0. The van der Waals surface area contributed by atoms with Gasteiger partial charge in [-0.15, -0.1) is 0 Å². The van der Waals surface area contributed by atoms with Crippen LogP contribution in [0.25, 0.3) is 11.0 Å². The SMILES string of the molecule is CCc1ccc(CC(N)(C(=O)O)c2nc3ccccc3n2CCCN2CCCC2)cc1CC.O=C1Nc2ccccc2CCN1C1CCNCC1. The van der Waals surface area contributed by atoms with Crippen LogP contribution in [0.2, 0.25) is 0 Å². The number of imidazole rings is 1. The van der Waals surface area contributed by atoms with Crippen molar-refractivity contribution in [2.45, 2.75) is 89.8 Å². The molecular formula is C41H55N7O3. The molecule has 7 rings (SSSR count). The van der Waals surface area contributed by atoms with E-state index in [-0.39, 0.29) is 12.5 Å². The van der Waals surface area contributed by atoms with Crippen LogP contribution in [0.15, 0.2) is 66.7 Å². The summed E-state index contributed by atoms with van der Waals surface area (Å²) in [4.78, 5) is 34.2. The normalized spacial score (nSPS) is 18.0. The Morgan fingerprint density at radius 3 is 2.41 bits per heavy atom. The third kappa shape index (κ3) is 8.46. The number of aryl methyl sites for hydroxylation is 3. The molecule has 1 atom stereocenters. The fourth-order valence-corrected chi connectivity index (χ4v) is 7.99. The van der Waals surface area contributed by atoms with Crippen LogP contribution in [0.5, 0.6) is 0 Å². The van der Waals surface area contributed by atoms with Crippen molar-refractivity contribution in [1.82, 2.24) is 24.7 Å². The van der Waals surface area contributed by atoms with Gasteiger partial charge in [-0.05, 0) is 125 Å². The molecule has 1 aromatic heterocycles. The highest BCUT2D eigenvalue weighted by Crippen LogP contribution is 2.29. The topological polar surface area (TPSA) is 129 Å². The number of hydrogen-bond donors (Lipinski definition) is 4. The molecule has 10 heteroatoms. The van der Waals surface area contributed by atoms with E-state index in [0.717, 1.165) is 100 Å². The maximum atomic E-state index is 12.6. The summed E-state index contributed by atoms with van der Waals surface area (Å²) in [6.07, 6.45) is 8.61. The summed E-state index contributed by atoms with van der Waals surface area (Å²) in [6, 6.07) is 22.6. The summed E-state index contributed by atoms with van der Waals surface area (Å²) in [5.41, 5.74) is 12.5. The lowest BCUT2D eigenvalue weighted by Gasteiger charge is -2.33. The number of rotatable bonds is 11. The van der Waals surface area contributed by atoms with Crippen LogP contribution < -0.4 is 16.4 Å². The van der Waals surface area contributed by atoms with E-state index in [0.29, 0.717) is 18.4 Å². The third-order valence-electron chi connectivity index (χ3n) is 10.9. The fraction of sp³-hybridized carbons (Fsp3) is 0.488. The van der Waals surface area contributed by atoms with Crippen molar-refractivity contribution in [1.29, 1.82) is 0 Å². The summed E-state index contributed by atoms with van der Waals surface area (Å²) in [5, 5.41) is 16.7. The van der Waals surface area contributed by atoms with Gasteiger partial charge in [0.15, 0.2) is 5.54 Å². The molecule has 0 spiro atoms. The molecule has 0 radical (unpaired) electrons. The number of aromatic nitrogens is 2. The van der Waals surface area contributed by atoms with Crippen LogP contribution in [0.3, 0.4) is 0 Å². The highest BCUT2D eigenvalue weighted by atomic mass is 16.4. The number of nitrogens with zero attached hydrogens (tertiary/aromatic N) is 4. The summed E-state index contributed by atoms with van der Waals surface area (Å²) >= 11 is 0. The fourth-order valence-electron chi connectivity index (χ4n) is 7.99. The number of nitrogens with two attached hydrogens (primary N) is 1. The van der Waals surface area contributed by atoms with Crippen LogP contribution in [-0.2, 0) is 42.6 Å². The van der Waals surface area contributed by atoms with Crippen LogP contribution in [0.4, 0.5) is 10.5 Å². The average Bonchev–Trinajstić information content (AvgIpc) is 3.77. The Bertz CT molecular complexity index is 1790. The molecule has 3 aliphatic rings. The number of aliphatic carboxylic acids is 1. The van der Waals surface area contributed by atoms with Crippen LogP contribution >= 0.6 is 0 Å². The van der Waals surface area contributed by atoms with Crippen molar-refractivity contribution in [3.63, 3.8) is 0 Å². The molecule has 272 valence electrons. The minimum Gasteiger partial charge on any atom is -0.480 e. The number of carboxylic acids is 1. The molecule has 4 aromatic rings. The van der Waals surface area contributed by atoms with E-state index >= 15 is 0 Å². The maximum Gasteiger partial charge on any atom is 0.331 e. The number of hydrogen-bond acceptors (Lipinski definition) is 6. The molecule has 3 aromatic carbocycles. The number of piperidine rings is 1. The molecule has 2 amide bonds. The number of likely N-dealkylation sites (tertiary alicyclic amines) is 1. The number of amides is 2. The van der Waals surface area contributed by atoms with Gasteiger partial charge in [-0.3, -0.25) is 0 Å². The Balaban J connectivity index is 0.000000208. The highest BCUT2D eigenvalue weighted by molar-refractivity contribution is 5.91. The van der Waals surface area contributed by atoms with Gasteiger partial charge in [0.25, 0.3) is 0 Å². The van der Waals surface area contributed by atoms with Gasteiger partial charge in [-0.2, -0.15) is 0 Å². The summed E-state index contributed by atoms with van der Waals surface area (Å²) in [7, 11) is 0. The second-order valence-electron chi connectivity index (χ2n) is 14.3. The van der Waals surface area contributed by atoms with Gasteiger partial charge in [0, 0.05) is 31.2 Å². The Kier molecular flexibility index (Phi) is 12.1. The summed E-state index contributed by atoms with van der Waals surface area (Å²) < 4.78 is 2.04. The zero-order chi connectivity index (χ0) is 35.8. The van der Waals surface area contributed by atoms with Crippen LogP contribution in [0, 0.1) is 0 Å². The van der Waals surface area contributed by atoms with E-state index in [1.54, 1.807) is 0 Å². The number of carboxylic acid groups (broad SMARTS) is 1. The molecule has 5 N–H and O–H groups in total. The molecule has 1 unspecified atom stereocenters. The van der Waals surface area contributed by atoms with Gasteiger partial charge in [-0.25, -0.2) is 14.6 Å². The van der Waals surface area contributed by atoms with Gasteiger partial charge in [-0.1, -0.05) is 62.4 Å². The Hall–Kier alpha value is -4.25. The standard InChI is InChI=1S/C27H36N4O2.C14H19N3O/c1-3-21-13-12-20(18-22(21)4-2)19-27(28,26(32)33)25-29-23-10-5-6-11-24(23)31(25)17-9-16-30-14-7-8-15-30;18-14-16-13-4-2-1-3-11(13)7-10-17(14)12-5-8-15-9-6-12/h5-6,10-13,18H,3-4,7-9,14-17,19,28H2,1-2H3,(H,32,33);1-4,12,15H,5-10H2,(H,16,18). The number of carbonyl (C=O) groups is 2. The van der Waals surface area contributed by atoms with E-state index in [1.807, 2.05) is 58.0 Å². The quantitative estimate of drug-likeness (QED) is 0.153. The predicted molar refractivity (Wildman–Crippen MR) is 204 cm³/mol. The molecular weight excluding hydrogens is 638 g/mol. The smallest absolute Gasteiger partial charge is 0.331 e. The number of anilines is 1. The zero-order valence-electron chi connectivity index (χ0n) is 30.4. The Morgan fingerprint density at radius 1 is 0.941 bits per heavy atom. The number of nitrogens with one attached hydrogen (secondary N) is 2. The molecule has 10 nitrogen and oxygen atoms in total. The molecule has 0 bridgehead atoms. The lowest BCUT2D eigenvalue weighted by molar-refractivity contribution is -0.144. The lowest BCUT2D eigenvalue weighted by Crippen LogP contribution is -2.49. The second kappa shape index (κ2) is 16.8. The molecule has 4 heterocycles. The maximum absolute atomic E-state index is 12.6. The zero-order valence-corrected chi connectivity index (χ0v) is 30.4. The van der Waals surface area contributed by atoms with Gasteiger partial charge < -0.3 is 35.8 Å². The molecule has 2 saturated heterocycles.